The first-order valence-electron chi connectivity index (χ1n) is 11.3. The van der Waals surface area contributed by atoms with Crippen LogP contribution in [0.3, 0.4) is 0 Å². The van der Waals surface area contributed by atoms with E-state index in [1.165, 1.54) is 17.5 Å². The Labute approximate surface area is 191 Å². The molecular formula is C26H27N5O2. The maximum atomic E-state index is 13.2. The molecule has 33 heavy (non-hydrogen) atoms. The van der Waals surface area contributed by atoms with Crippen molar-refractivity contribution in [2.75, 3.05) is 5.32 Å². The number of H-pyrrole nitrogens is 1. The molecular weight excluding hydrogens is 414 g/mol. The molecule has 7 nitrogen and oxygen atoms in total. The fourth-order valence-corrected chi connectivity index (χ4v) is 3.95. The average molecular weight is 442 g/mol. The van der Waals surface area contributed by atoms with Gasteiger partial charge in [-0.1, -0.05) is 39.0 Å². The number of carbonyl (C=O) groups is 1. The summed E-state index contributed by atoms with van der Waals surface area (Å²) in [5.41, 5.74) is 2.04. The van der Waals surface area contributed by atoms with E-state index >= 15 is 0 Å². The van der Waals surface area contributed by atoms with E-state index < -0.39 is 0 Å². The van der Waals surface area contributed by atoms with Crippen LogP contribution in [0, 0.1) is 5.41 Å². The predicted octanol–water partition coefficient (Wildman–Crippen LogP) is 5.35. The first kappa shape index (κ1) is 21.1. The average Bonchev–Trinajstić information content (AvgIpc) is 3.53. The lowest BCUT2D eigenvalue weighted by Gasteiger charge is -2.17. The smallest absolute Gasteiger partial charge is 0.279 e. The highest BCUT2D eigenvalue weighted by atomic mass is 16.1. The number of nitrogens with one attached hydrogen (secondary N) is 2. The molecule has 168 valence electrons. The summed E-state index contributed by atoms with van der Waals surface area (Å²) >= 11 is 0. The summed E-state index contributed by atoms with van der Waals surface area (Å²) in [5, 5.41) is 16.6. The van der Waals surface area contributed by atoms with Crippen molar-refractivity contribution < 1.29 is 4.79 Å². The number of nitrogens with zero attached hydrogens (tertiary/aromatic N) is 3. The van der Waals surface area contributed by atoms with E-state index in [0.717, 1.165) is 11.1 Å². The van der Waals surface area contributed by atoms with E-state index in [0.29, 0.717) is 40.6 Å². The van der Waals surface area contributed by atoms with Crippen LogP contribution in [-0.2, 0) is 0 Å². The third kappa shape index (κ3) is 4.44. The lowest BCUT2D eigenvalue weighted by Crippen LogP contribution is -2.22. The van der Waals surface area contributed by atoms with Crippen LogP contribution >= 0.6 is 0 Å². The summed E-state index contributed by atoms with van der Waals surface area (Å²) < 4.78 is 1.37. The number of hydrogen-bond acceptors (Lipinski definition) is 5. The Bertz CT molecular complexity index is 1390. The van der Waals surface area contributed by atoms with E-state index in [1.54, 1.807) is 30.3 Å². The van der Waals surface area contributed by atoms with Gasteiger partial charge in [0.05, 0.1) is 11.1 Å². The summed E-state index contributed by atoms with van der Waals surface area (Å²) in [6.45, 7) is 6.12. The SMILES string of the molecule is CC(C)(C)CC(=O)c1ccc(-n2nc(Nc3cc(C4CC4)[nH]n3)c3ccccc3c2=O)cc1. The van der Waals surface area contributed by atoms with Gasteiger partial charge in [-0.2, -0.15) is 9.78 Å². The molecule has 1 fully saturated rings. The lowest BCUT2D eigenvalue weighted by molar-refractivity contribution is 0.0940. The van der Waals surface area contributed by atoms with Crippen LogP contribution in [0.5, 0.6) is 0 Å². The first-order chi connectivity index (χ1) is 15.8. The molecule has 2 aromatic carbocycles. The Morgan fingerprint density at radius 2 is 1.79 bits per heavy atom. The highest BCUT2D eigenvalue weighted by Crippen LogP contribution is 2.39. The highest BCUT2D eigenvalue weighted by Gasteiger charge is 2.25. The first-order valence-corrected chi connectivity index (χ1v) is 11.3. The molecule has 1 aliphatic carbocycles. The topological polar surface area (TPSA) is 92.7 Å². The molecule has 1 aliphatic rings. The second-order valence-corrected chi connectivity index (χ2v) is 9.93. The van der Waals surface area contributed by atoms with Crippen molar-refractivity contribution in [3.05, 3.63) is 76.2 Å². The molecule has 2 aromatic heterocycles. The molecule has 0 unspecified atom stereocenters. The fourth-order valence-electron chi connectivity index (χ4n) is 3.95. The third-order valence-electron chi connectivity index (χ3n) is 5.79. The van der Waals surface area contributed by atoms with Crippen LogP contribution in [0.1, 0.15) is 62.0 Å². The Morgan fingerprint density at radius 1 is 1.09 bits per heavy atom. The molecule has 7 heteroatoms. The number of Topliss-reactive ketones (excluding diaryl/α,β-unsaturated/α-hetero) is 1. The van der Waals surface area contributed by atoms with E-state index in [2.05, 4.69) is 20.6 Å². The van der Waals surface area contributed by atoms with Crippen LogP contribution in [0.15, 0.2) is 59.4 Å². The van der Waals surface area contributed by atoms with E-state index in [9.17, 15) is 9.59 Å². The van der Waals surface area contributed by atoms with E-state index in [1.807, 2.05) is 45.0 Å². The van der Waals surface area contributed by atoms with Crippen molar-refractivity contribution in [2.24, 2.45) is 5.41 Å². The lowest BCUT2D eigenvalue weighted by atomic mass is 9.88. The number of ketones is 1. The summed E-state index contributed by atoms with van der Waals surface area (Å²) in [6.07, 6.45) is 2.82. The van der Waals surface area contributed by atoms with Gasteiger partial charge in [-0.3, -0.25) is 14.7 Å². The van der Waals surface area contributed by atoms with Gasteiger partial charge in [0.25, 0.3) is 5.56 Å². The Morgan fingerprint density at radius 3 is 2.45 bits per heavy atom. The summed E-state index contributed by atoms with van der Waals surface area (Å²) in [5.74, 6) is 1.86. The van der Waals surface area contributed by atoms with Gasteiger partial charge in [0, 0.05) is 35.0 Å². The van der Waals surface area contributed by atoms with Crippen molar-refractivity contribution in [1.29, 1.82) is 0 Å². The summed E-state index contributed by atoms with van der Waals surface area (Å²) in [6, 6.07) is 16.4. The largest absolute Gasteiger partial charge is 0.321 e. The standard InChI is InChI=1S/C26H27N5O2/c1-26(2,3)15-22(32)17-10-12-18(13-11-17)31-25(33)20-7-5-4-6-19(20)24(30-31)27-23-14-21(28-29-23)16-8-9-16/h4-7,10-14,16H,8-9,15H2,1-3H3,(H2,27,28,29,30). The molecule has 0 aliphatic heterocycles. The van der Waals surface area contributed by atoms with Gasteiger partial charge in [0.1, 0.15) is 0 Å². The Kier molecular flexibility index (Phi) is 5.12. The minimum absolute atomic E-state index is 0.0835. The van der Waals surface area contributed by atoms with Gasteiger partial charge >= 0.3 is 0 Å². The van der Waals surface area contributed by atoms with Gasteiger partial charge < -0.3 is 5.32 Å². The third-order valence-corrected chi connectivity index (χ3v) is 5.79. The monoisotopic (exact) mass is 441 g/mol. The molecule has 0 bridgehead atoms. The molecule has 0 radical (unpaired) electrons. The number of anilines is 2. The van der Waals surface area contributed by atoms with Gasteiger partial charge in [-0.25, -0.2) is 0 Å². The molecule has 0 spiro atoms. The number of rotatable bonds is 6. The molecule has 4 aromatic rings. The number of hydrogen-bond donors (Lipinski definition) is 2. The molecule has 0 atom stereocenters. The van der Waals surface area contributed by atoms with Gasteiger partial charge in [-0.05, 0) is 48.6 Å². The minimum atomic E-state index is -0.217. The van der Waals surface area contributed by atoms with Gasteiger partial charge in [0.2, 0.25) is 0 Å². The number of aromatic nitrogens is 4. The second-order valence-electron chi connectivity index (χ2n) is 9.93. The minimum Gasteiger partial charge on any atom is -0.321 e. The molecule has 0 amide bonds. The fraction of sp³-hybridized carbons (Fsp3) is 0.308. The Hall–Kier alpha value is -3.74. The predicted molar refractivity (Wildman–Crippen MR) is 130 cm³/mol. The summed E-state index contributed by atoms with van der Waals surface area (Å²) in [4.78, 5) is 25.8. The van der Waals surface area contributed by atoms with Crippen molar-refractivity contribution in [3.8, 4) is 5.69 Å². The van der Waals surface area contributed by atoms with Crippen molar-refractivity contribution in [1.82, 2.24) is 20.0 Å². The maximum Gasteiger partial charge on any atom is 0.279 e. The molecule has 2 N–H and O–H groups in total. The van der Waals surface area contributed by atoms with Crippen molar-refractivity contribution in [3.63, 3.8) is 0 Å². The van der Waals surface area contributed by atoms with E-state index in [4.69, 9.17) is 0 Å². The molecule has 0 saturated heterocycles. The maximum absolute atomic E-state index is 13.2. The zero-order valence-electron chi connectivity index (χ0n) is 19.1. The normalized spacial score (nSPS) is 13.9. The van der Waals surface area contributed by atoms with Crippen LogP contribution in [-0.4, -0.2) is 25.8 Å². The Balaban J connectivity index is 1.52. The molecule has 2 heterocycles. The molecule has 1 saturated carbocycles. The van der Waals surface area contributed by atoms with Crippen LogP contribution < -0.4 is 10.9 Å². The van der Waals surface area contributed by atoms with E-state index in [-0.39, 0.29) is 16.8 Å². The number of fused-ring (bicyclic) bond motifs is 1. The number of benzene rings is 2. The van der Waals surface area contributed by atoms with Crippen molar-refractivity contribution in [2.45, 2.75) is 46.0 Å². The van der Waals surface area contributed by atoms with Crippen LogP contribution in [0.2, 0.25) is 0 Å². The highest BCUT2D eigenvalue weighted by molar-refractivity contribution is 5.96. The number of aromatic amines is 1. The van der Waals surface area contributed by atoms with Gasteiger partial charge in [0.15, 0.2) is 17.4 Å². The van der Waals surface area contributed by atoms with Crippen LogP contribution in [0.25, 0.3) is 16.5 Å². The van der Waals surface area contributed by atoms with Crippen LogP contribution in [0.4, 0.5) is 11.6 Å². The van der Waals surface area contributed by atoms with Gasteiger partial charge in [-0.15, -0.1) is 5.10 Å². The molecule has 5 rings (SSSR count). The quantitative estimate of drug-likeness (QED) is 0.394. The zero-order valence-corrected chi connectivity index (χ0v) is 19.1. The summed E-state index contributed by atoms with van der Waals surface area (Å²) in [7, 11) is 0. The second kappa shape index (κ2) is 7.99. The zero-order chi connectivity index (χ0) is 23.2. The number of carbonyl (C=O) groups excluding carboxylic acids is 1. The van der Waals surface area contributed by atoms with Crippen molar-refractivity contribution >= 4 is 28.2 Å².